The largest absolute Gasteiger partial charge is 0.741 e. The number of hydrogen-bond donors (Lipinski definition) is 0. The highest BCUT2D eigenvalue weighted by atomic mass is 127. The van der Waals surface area contributed by atoms with Gasteiger partial charge in [-0.2, -0.15) is 13.2 Å². The summed E-state index contributed by atoms with van der Waals surface area (Å²) in [4.78, 5) is 0. The molecule has 0 radical (unpaired) electrons. The lowest BCUT2D eigenvalue weighted by molar-refractivity contribution is -0.599. The van der Waals surface area contributed by atoms with Gasteiger partial charge in [-0.15, -0.1) is 0 Å². The summed E-state index contributed by atoms with van der Waals surface area (Å²) in [7, 11) is -6.09. The second-order valence-electron chi connectivity index (χ2n) is 11.1. The molecule has 0 saturated carbocycles. The van der Waals surface area contributed by atoms with Crippen molar-refractivity contribution in [3.63, 3.8) is 0 Å². The quantitative estimate of drug-likeness (QED) is 0.181. The SMILES string of the molecule is CC(C)(C)c1ccccc1[I+]c1ccccc1C(C)(C)C.O=S(=O)([O-])C(F)(F)F.c1ccc([I+]c2ccccc2)cc1. The van der Waals surface area contributed by atoms with E-state index in [-0.39, 0.29) is 53.2 Å². The molecule has 0 aliphatic carbocycles. The Hall–Kier alpha value is -1.96. The van der Waals surface area contributed by atoms with E-state index < -0.39 is 15.6 Å². The molecule has 9 heteroatoms. The fraction of sp³-hybridized carbons (Fsp3) is 0.273. The first kappa shape index (κ1) is 36.2. The molecule has 0 spiro atoms. The van der Waals surface area contributed by atoms with Crippen LogP contribution in [0.15, 0.2) is 109 Å². The fourth-order valence-corrected chi connectivity index (χ4v) is 9.72. The van der Waals surface area contributed by atoms with Crippen LogP contribution in [0.1, 0.15) is 52.7 Å². The summed E-state index contributed by atoms with van der Waals surface area (Å²) in [6.07, 6.45) is 0. The molecular weight excluding hydrogens is 787 g/mol. The van der Waals surface area contributed by atoms with Crippen LogP contribution < -0.4 is 42.4 Å². The van der Waals surface area contributed by atoms with Gasteiger partial charge in [0.2, 0.25) is 0 Å². The van der Waals surface area contributed by atoms with Gasteiger partial charge in [-0.05, 0) is 47.2 Å². The van der Waals surface area contributed by atoms with Crippen LogP contribution in [0.4, 0.5) is 13.2 Å². The maximum atomic E-state index is 10.7. The molecule has 4 rings (SSSR count). The Morgan fingerprint density at radius 3 is 1.10 bits per heavy atom. The molecule has 0 fully saturated rings. The van der Waals surface area contributed by atoms with E-state index >= 15 is 0 Å². The number of hydrogen-bond acceptors (Lipinski definition) is 3. The van der Waals surface area contributed by atoms with E-state index in [1.165, 1.54) is 18.3 Å². The fourth-order valence-electron chi connectivity index (χ4n) is 3.49. The van der Waals surface area contributed by atoms with Gasteiger partial charge in [0.05, 0.1) is 0 Å². The third-order valence-electron chi connectivity index (χ3n) is 5.54. The van der Waals surface area contributed by atoms with Gasteiger partial charge in [-0.1, -0.05) is 114 Å². The molecule has 4 aromatic carbocycles. The predicted octanol–water partition coefficient (Wildman–Crippen LogP) is 2.28. The highest BCUT2D eigenvalue weighted by molar-refractivity contribution is 7.86. The van der Waals surface area contributed by atoms with E-state index in [9.17, 15) is 13.2 Å². The van der Waals surface area contributed by atoms with E-state index in [1.807, 2.05) is 0 Å². The molecule has 4 aromatic rings. The van der Waals surface area contributed by atoms with Gasteiger partial charge in [-0.3, -0.25) is 0 Å². The van der Waals surface area contributed by atoms with Crippen LogP contribution in [-0.2, 0) is 20.9 Å². The molecule has 3 nitrogen and oxygen atoms in total. The van der Waals surface area contributed by atoms with Crippen molar-refractivity contribution in [2.45, 2.75) is 57.9 Å². The van der Waals surface area contributed by atoms with Gasteiger partial charge in [0.15, 0.2) is 24.4 Å². The van der Waals surface area contributed by atoms with Crippen molar-refractivity contribution in [2.24, 2.45) is 0 Å². The van der Waals surface area contributed by atoms with Gasteiger partial charge in [0, 0.05) is 11.1 Å². The highest BCUT2D eigenvalue weighted by Crippen LogP contribution is 2.23. The van der Waals surface area contributed by atoms with Gasteiger partial charge in [-0.25, -0.2) is 8.42 Å². The molecular formula is C33H36F3I2O3S+. The molecule has 0 heterocycles. The topological polar surface area (TPSA) is 57.2 Å². The molecule has 226 valence electrons. The summed E-state index contributed by atoms with van der Waals surface area (Å²) in [6.45, 7) is 13.9. The van der Waals surface area contributed by atoms with Crippen LogP contribution in [-0.4, -0.2) is 18.5 Å². The van der Waals surface area contributed by atoms with E-state index in [0.29, 0.717) is 0 Å². The van der Waals surface area contributed by atoms with Crippen LogP contribution in [0.5, 0.6) is 0 Å². The van der Waals surface area contributed by atoms with Crippen molar-refractivity contribution < 1.29 is 68.6 Å². The Morgan fingerprint density at radius 2 is 0.810 bits per heavy atom. The van der Waals surface area contributed by atoms with Crippen molar-refractivity contribution in [1.29, 1.82) is 0 Å². The Kier molecular flexibility index (Phi) is 13.5. The molecule has 42 heavy (non-hydrogen) atoms. The minimum absolute atomic E-state index is 0.0287. The molecule has 0 saturated heterocycles. The van der Waals surface area contributed by atoms with E-state index in [1.54, 1.807) is 7.14 Å². The zero-order valence-corrected chi connectivity index (χ0v) is 29.5. The van der Waals surface area contributed by atoms with E-state index in [4.69, 9.17) is 13.0 Å². The van der Waals surface area contributed by atoms with Crippen LogP contribution >= 0.6 is 0 Å². The summed E-state index contributed by atoms with van der Waals surface area (Å²) < 4.78 is 65.0. The Bertz CT molecular complexity index is 1400. The molecule has 0 aliphatic heterocycles. The number of halogens is 5. The van der Waals surface area contributed by atoms with Crippen molar-refractivity contribution in [3.8, 4) is 0 Å². The van der Waals surface area contributed by atoms with Crippen LogP contribution in [0.3, 0.4) is 0 Å². The van der Waals surface area contributed by atoms with Gasteiger partial charge < -0.3 is 4.55 Å². The highest BCUT2D eigenvalue weighted by Gasteiger charge is 2.37. The zero-order valence-electron chi connectivity index (χ0n) is 24.4. The lowest BCUT2D eigenvalue weighted by Gasteiger charge is -2.20. The standard InChI is InChI=1S/C20H26I.C12H10I.CHF3O3S/c1-19(2,3)15-11-7-9-13-17(15)21-18-14-10-8-12-16(18)20(4,5)6;1-3-7-11(8-4-1)13-12-9-5-2-6-10-12;2-1(3,4)8(5,6)7/h7-14H,1-6H3;1-10H;(H,5,6,7)/q2*+1;/p-1. The molecule has 0 aliphatic rings. The maximum absolute atomic E-state index is 10.7. The number of rotatable bonds is 4. The summed E-state index contributed by atoms with van der Waals surface area (Å²) >= 11 is -0.118. The molecule has 0 bridgehead atoms. The smallest absolute Gasteiger partial charge is 0.485 e. The van der Waals surface area contributed by atoms with Crippen LogP contribution in [0.25, 0.3) is 0 Å². The first-order chi connectivity index (χ1) is 19.4. The first-order valence-corrected chi connectivity index (χ1v) is 18.7. The average Bonchev–Trinajstić information content (AvgIpc) is 2.89. The van der Waals surface area contributed by atoms with Crippen molar-refractivity contribution in [3.05, 3.63) is 135 Å². The van der Waals surface area contributed by atoms with Gasteiger partial charge in [0.25, 0.3) is 0 Å². The molecule has 0 atom stereocenters. The van der Waals surface area contributed by atoms with E-state index in [0.717, 1.165) is 0 Å². The third-order valence-corrected chi connectivity index (χ3v) is 11.8. The van der Waals surface area contributed by atoms with E-state index in [2.05, 4.69) is 151 Å². The lowest BCUT2D eigenvalue weighted by atomic mass is 9.87. The average molecular weight is 824 g/mol. The second-order valence-corrected chi connectivity index (χ2v) is 18.4. The Labute approximate surface area is 269 Å². The van der Waals surface area contributed by atoms with Gasteiger partial charge >= 0.3 is 47.9 Å². The van der Waals surface area contributed by atoms with Crippen molar-refractivity contribution in [1.82, 2.24) is 0 Å². The summed E-state index contributed by atoms with van der Waals surface area (Å²) in [6, 6.07) is 39.4. The first-order valence-electron chi connectivity index (χ1n) is 13.0. The summed E-state index contributed by atoms with van der Waals surface area (Å²) in [5.41, 5.74) is -2.21. The third kappa shape index (κ3) is 12.3. The number of alkyl halides is 3. The zero-order chi connectivity index (χ0) is 31.6. The monoisotopic (exact) mass is 823 g/mol. The Morgan fingerprint density at radius 1 is 0.524 bits per heavy atom. The lowest BCUT2D eigenvalue weighted by Crippen LogP contribution is -3.62. The van der Waals surface area contributed by atoms with Crippen LogP contribution in [0.2, 0.25) is 0 Å². The second kappa shape index (κ2) is 15.7. The van der Waals surface area contributed by atoms with Crippen molar-refractivity contribution in [2.75, 3.05) is 0 Å². The predicted molar refractivity (Wildman–Crippen MR) is 154 cm³/mol. The van der Waals surface area contributed by atoms with Gasteiger partial charge in [0.1, 0.15) is 0 Å². The normalized spacial score (nSPS) is 12.0. The molecule has 0 unspecified atom stereocenters. The minimum atomic E-state index is -6.09. The molecule has 0 amide bonds. The molecule has 0 N–H and O–H groups in total. The summed E-state index contributed by atoms with van der Waals surface area (Å²) in [5, 5.41) is 0. The summed E-state index contributed by atoms with van der Waals surface area (Å²) in [5.74, 6) is 0. The molecule has 0 aromatic heterocycles. The van der Waals surface area contributed by atoms with Crippen LogP contribution in [0, 0.1) is 14.3 Å². The number of benzene rings is 4. The van der Waals surface area contributed by atoms with Crippen molar-refractivity contribution >= 4 is 10.1 Å². The maximum Gasteiger partial charge on any atom is 0.485 e. The minimum Gasteiger partial charge on any atom is -0.741 e. The Balaban J connectivity index is 0.000000249.